The zero-order valence-corrected chi connectivity index (χ0v) is 15.9. The number of hydrogen-bond donors (Lipinski definition) is 4. The summed E-state index contributed by atoms with van der Waals surface area (Å²) in [5.41, 5.74) is 0.967. The van der Waals surface area contributed by atoms with Crippen molar-refractivity contribution in [3.63, 3.8) is 0 Å². The van der Waals surface area contributed by atoms with E-state index in [2.05, 4.69) is 25.6 Å². The molecule has 0 aliphatic carbocycles. The number of nitrogens with one attached hydrogen (secondary N) is 2. The summed E-state index contributed by atoms with van der Waals surface area (Å²) in [4.78, 5) is 24.3. The highest BCUT2D eigenvalue weighted by molar-refractivity contribution is 5.82. The van der Waals surface area contributed by atoms with Crippen LogP contribution in [0.5, 0.6) is 0 Å². The van der Waals surface area contributed by atoms with E-state index in [1.54, 1.807) is 6.92 Å². The molecule has 12 nitrogen and oxygen atoms in total. The quantitative estimate of drug-likeness (QED) is 0.487. The second-order valence-electron chi connectivity index (χ2n) is 6.93. The smallest absolute Gasteiger partial charge is 0.407 e. The van der Waals surface area contributed by atoms with E-state index >= 15 is 0 Å². The Hall–Kier alpha value is -2.54. The number of hydrogen-bond acceptors (Lipinski definition) is 10. The lowest BCUT2D eigenvalue weighted by atomic mass is 10.1. The van der Waals surface area contributed by atoms with E-state index in [1.807, 2.05) is 0 Å². The van der Waals surface area contributed by atoms with Gasteiger partial charge >= 0.3 is 6.09 Å². The second-order valence-corrected chi connectivity index (χ2v) is 6.93. The third-order valence-corrected chi connectivity index (χ3v) is 4.94. The van der Waals surface area contributed by atoms with E-state index in [1.165, 1.54) is 17.2 Å². The molecule has 12 heteroatoms. The van der Waals surface area contributed by atoms with Gasteiger partial charge in [-0.25, -0.2) is 19.7 Å². The molecule has 29 heavy (non-hydrogen) atoms. The van der Waals surface area contributed by atoms with E-state index in [0.717, 1.165) is 6.42 Å². The predicted octanol–water partition coefficient (Wildman–Crippen LogP) is -0.608. The average Bonchev–Trinajstić information content (AvgIpc) is 3.43. The number of aliphatic hydroxyl groups excluding tert-OH is 2. The lowest BCUT2D eigenvalue weighted by Gasteiger charge is -2.17. The molecule has 4 rings (SSSR count). The molecular formula is C17H24N6O6. The largest absolute Gasteiger partial charge is 0.447 e. The second kappa shape index (κ2) is 8.45. The monoisotopic (exact) mass is 408 g/mol. The van der Waals surface area contributed by atoms with Crippen LogP contribution in [-0.4, -0.2) is 86.5 Å². The molecule has 0 aromatic carbocycles. The minimum absolute atomic E-state index is 0.143. The standard InChI is InChI=1S/C17H24N6O6/c1-2-18-17(26)28-6-10-12(24)13(25)16(29-10)23-8-21-11-14(19-7-20-15(11)23)22-9-3-4-27-5-9/h7-10,12-13,16,24-25H,2-6H2,1H3,(H,18,26)(H,19,20,22)/t9?,10-,12-,13-,16?/m1/s1. The normalized spacial score (nSPS) is 29.3. The fourth-order valence-corrected chi connectivity index (χ4v) is 3.44. The molecule has 2 fully saturated rings. The van der Waals surface area contributed by atoms with Crippen LogP contribution in [0, 0.1) is 0 Å². The number of rotatable bonds is 6. The van der Waals surface area contributed by atoms with Crippen molar-refractivity contribution < 1.29 is 29.2 Å². The number of ether oxygens (including phenoxy) is 3. The molecule has 2 aliphatic heterocycles. The molecule has 1 amide bonds. The van der Waals surface area contributed by atoms with E-state index in [9.17, 15) is 15.0 Å². The summed E-state index contributed by atoms with van der Waals surface area (Å²) < 4.78 is 17.7. The van der Waals surface area contributed by atoms with Gasteiger partial charge in [-0.1, -0.05) is 0 Å². The van der Waals surface area contributed by atoms with Crippen molar-refractivity contribution in [1.82, 2.24) is 24.8 Å². The number of alkyl carbamates (subject to hydrolysis) is 1. The molecule has 5 atom stereocenters. The van der Waals surface area contributed by atoms with Gasteiger partial charge < -0.3 is 35.1 Å². The van der Waals surface area contributed by atoms with Gasteiger partial charge in [0.15, 0.2) is 23.2 Å². The number of carbonyl (C=O) groups excluding carboxylic acids is 1. The van der Waals surface area contributed by atoms with Gasteiger partial charge in [0.25, 0.3) is 0 Å². The fraction of sp³-hybridized carbons (Fsp3) is 0.647. The summed E-state index contributed by atoms with van der Waals surface area (Å²) in [7, 11) is 0. The number of aromatic nitrogens is 4. The summed E-state index contributed by atoms with van der Waals surface area (Å²) in [6.07, 6.45) is -1.17. The first kappa shape index (κ1) is 19.8. The first-order valence-corrected chi connectivity index (χ1v) is 9.52. The van der Waals surface area contributed by atoms with Gasteiger partial charge in [-0.2, -0.15) is 0 Å². The van der Waals surface area contributed by atoms with Crippen LogP contribution in [0.2, 0.25) is 0 Å². The molecular weight excluding hydrogens is 384 g/mol. The molecule has 0 radical (unpaired) electrons. The topological polar surface area (TPSA) is 153 Å². The van der Waals surface area contributed by atoms with Crippen molar-refractivity contribution in [3.05, 3.63) is 12.7 Å². The molecule has 158 valence electrons. The Bertz CT molecular complexity index is 856. The summed E-state index contributed by atoms with van der Waals surface area (Å²) in [6.45, 7) is 3.27. The summed E-state index contributed by atoms with van der Waals surface area (Å²) >= 11 is 0. The van der Waals surface area contributed by atoms with Gasteiger partial charge in [0.1, 0.15) is 31.2 Å². The predicted molar refractivity (Wildman–Crippen MR) is 99.1 cm³/mol. The van der Waals surface area contributed by atoms with E-state index < -0.39 is 30.6 Å². The van der Waals surface area contributed by atoms with Crippen LogP contribution < -0.4 is 10.6 Å². The van der Waals surface area contributed by atoms with Crippen LogP contribution in [0.1, 0.15) is 19.6 Å². The molecule has 2 aliphatic rings. The van der Waals surface area contributed by atoms with Crippen molar-refractivity contribution >= 4 is 23.1 Å². The number of aliphatic hydroxyl groups is 2. The summed E-state index contributed by atoms with van der Waals surface area (Å²) in [5.74, 6) is 0.563. The van der Waals surface area contributed by atoms with Crippen molar-refractivity contribution in [1.29, 1.82) is 0 Å². The number of nitrogens with zero attached hydrogens (tertiary/aromatic N) is 4. The van der Waals surface area contributed by atoms with Gasteiger partial charge in [-0.3, -0.25) is 4.57 Å². The molecule has 2 aromatic heterocycles. The fourth-order valence-electron chi connectivity index (χ4n) is 3.44. The van der Waals surface area contributed by atoms with Gasteiger partial charge in [0.05, 0.1) is 19.0 Å². The number of imidazole rings is 1. The Morgan fingerprint density at radius 3 is 2.97 bits per heavy atom. The minimum Gasteiger partial charge on any atom is -0.447 e. The Morgan fingerprint density at radius 2 is 2.21 bits per heavy atom. The highest BCUT2D eigenvalue weighted by Crippen LogP contribution is 2.32. The van der Waals surface area contributed by atoms with Crippen LogP contribution in [-0.2, 0) is 14.2 Å². The lowest BCUT2D eigenvalue weighted by molar-refractivity contribution is -0.0532. The molecule has 2 aromatic rings. The Labute approximate surface area is 166 Å². The van der Waals surface area contributed by atoms with Crippen LogP contribution >= 0.6 is 0 Å². The maximum atomic E-state index is 11.5. The van der Waals surface area contributed by atoms with Gasteiger partial charge in [0.2, 0.25) is 0 Å². The molecule has 0 spiro atoms. The SMILES string of the molecule is CCNC(=O)OC[C@H]1OC(n2cnc3c(NC4CCOC4)ncnc32)[C@H](O)[C@@H]1O. The molecule has 4 heterocycles. The third kappa shape index (κ3) is 3.96. The summed E-state index contributed by atoms with van der Waals surface area (Å²) in [5, 5.41) is 26.6. The molecule has 0 bridgehead atoms. The van der Waals surface area contributed by atoms with Gasteiger partial charge in [0, 0.05) is 13.2 Å². The van der Waals surface area contributed by atoms with E-state index in [4.69, 9.17) is 14.2 Å². The van der Waals surface area contributed by atoms with Crippen LogP contribution in [0.4, 0.5) is 10.6 Å². The molecule has 0 saturated carbocycles. The van der Waals surface area contributed by atoms with Gasteiger partial charge in [-0.15, -0.1) is 0 Å². The maximum Gasteiger partial charge on any atom is 0.407 e. The molecule has 2 saturated heterocycles. The molecule has 4 N–H and O–H groups in total. The van der Waals surface area contributed by atoms with E-state index in [0.29, 0.717) is 36.7 Å². The first-order valence-electron chi connectivity index (χ1n) is 9.52. The molecule has 2 unspecified atom stereocenters. The Balaban J connectivity index is 1.51. The van der Waals surface area contributed by atoms with Crippen molar-refractivity contribution in [2.24, 2.45) is 0 Å². The maximum absolute atomic E-state index is 11.5. The third-order valence-electron chi connectivity index (χ3n) is 4.94. The lowest BCUT2D eigenvalue weighted by Crippen LogP contribution is -2.35. The highest BCUT2D eigenvalue weighted by atomic mass is 16.6. The van der Waals surface area contributed by atoms with Crippen LogP contribution in [0.3, 0.4) is 0 Å². The summed E-state index contributed by atoms with van der Waals surface area (Å²) in [6, 6.07) is 0.143. The van der Waals surface area contributed by atoms with Crippen LogP contribution in [0.25, 0.3) is 11.2 Å². The van der Waals surface area contributed by atoms with Crippen molar-refractivity contribution in [2.45, 2.75) is 43.9 Å². The van der Waals surface area contributed by atoms with Crippen molar-refractivity contribution in [3.8, 4) is 0 Å². The minimum atomic E-state index is -1.25. The van der Waals surface area contributed by atoms with E-state index in [-0.39, 0.29) is 12.6 Å². The Kier molecular flexibility index (Phi) is 5.76. The number of anilines is 1. The number of fused-ring (bicyclic) bond motifs is 1. The van der Waals surface area contributed by atoms with Gasteiger partial charge in [-0.05, 0) is 13.3 Å². The first-order chi connectivity index (χ1) is 14.1. The zero-order valence-electron chi connectivity index (χ0n) is 15.9. The number of amides is 1. The average molecular weight is 408 g/mol. The highest BCUT2D eigenvalue weighted by Gasteiger charge is 2.45. The number of carbonyl (C=O) groups is 1. The zero-order chi connectivity index (χ0) is 20.4. The van der Waals surface area contributed by atoms with Crippen molar-refractivity contribution in [2.75, 3.05) is 31.7 Å². The van der Waals surface area contributed by atoms with Crippen LogP contribution in [0.15, 0.2) is 12.7 Å². The Morgan fingerprint density at radius 1 is 1.34 bits per heavy atom.